The smallest absolute Gasteiger partial charge is 0.269 e. The Morgan fingerprint density at radius 3 is 2.46 bits per heavy atom. The molecule has 0 aliphatic carbocycles. The van der Waals surface area contributed by atoms with Gasteiger partial charge in [0.1, 0.15) is 0 Å². The molecule has 0 radical (unpaired) electrons. The Morgan fingerprint density at radius 2 is 1.83 bits per heavy atom. The van der Waals surface area contributed by atoms with E-state index in [1.54, 1.807) is 18.5 Å². The summed E-state index contributed by atoms with van der Waals surface area (Å²) in [6.07, 6.45) is 1.59. The van der Waals surface area contributed by atoms with Gasteiger partial charge in [0, 0.05) is 23.7 Å². The molecule has 0 aliphatic rings. The number of hydrogen-bond donors (Lipinski definition) is 0. The van der Waals surface area contributed by atoms with Crippen LogP contribution in [0.3, 0.4) is 0 Å². The first kappa shape index (κ1) is 18.3. The molecule has 2 aromatic rings. The van der Waals surface area contributed by atoms with Gasteiger partial charge in [0.15, 0.2) is 0 Å². The molecule has 0 fully saturated rings. The Kier molecular flexibility index (Phi) is 6.23. The van der Waals surface area contributed by atoms with Crippen LogP contribution in [-0.2, 0) is 0 Å². The van der Waals surface area contributed by atoms with Gasteiger partial charge in [-0.25, -0.2) is 13.8 Å². The molecule has 2 rings (SSSR count). The fourth-order valence-electron chi connectivity index (χ4n) is 2.72. The number of ether oxygens (including phenoxy) is 1. The monoisotopic (exact) mass is 334 g/mol. The highest BCUT2D eigenvalue weighted by atomic mass is 19.3. The molecule has 0 aliphatic heterocycles. The number of halogens is 2. The molecule has 0 unspecified atom stereocenters. The van der Waals surface area contributed by atoms with E-state index in [0.29, 0.717) is 24.0 Å². The summed E-state index contributed by atoms with van der Waals surface area (Å²) < 4.78 is 32.4. The average molecular weight is 334 g/mol. The SMILES string of the molecule is Cc1cc(-c2cnc(OC[C@@H](C)CC(C)C)c(C(F)F)c2)ccn1. The van der Waals surface area contributed by atoms with Crippen LogP contribution in [0.4, 0.5) is 8.78 Å². The third-order valence-electron chi connectivity index (χ3n) is 3.72. The van der Waals surface area contributed by atoms with Crippen molar-refractivity contribution in [3.63, 3.8) is 0 Å². The molecule has 2 heterocycles. The maximum atomic E-state index is 13.4. The zero-order chi connectivity index (χ0) is 17.7. The molecular weight excluding hydrogens is 310 g/mol. The fraction of sp³-hybridized carbons (Fsp3) is 0.474. The van der Waals surface area contributed by atoms with Crippen LogP contribution in [0.15, 0.2) is 30.6 Å². The van der Waals surface area contributed by atoms with Crippen molar-refractivity contribution in [2.45, 2.75) is 40.5 Å². The molecule has 0 saturated heterocycles. The number of aryl methyl sites for hydroxylation is 1. The van der Waals surface area contributed by atoms with Gasteiger partial charge >= 0.3 is 0 Å². The zero-order valence-corrected chi connectivity index (χ0v) is 14.6. The summed E-state index contributed by atoms with van der Waals surface area (Å²) in [4.78, 5) is 8.25. The summed E-state index contributed by atoms with van der Waals surface area (Å²) in [5, 5.41) is 0. The lowest BCUT2D eigenvalue weighted by molar-refractivity contribution is 0.140. The topological polar surface area (TPSA) is 35.0 Å². The summed E-state index contributed by atoms with van der Waals surface area (Å²) in [6.45, 7) is 8.56. The molecular formula is C19H24F2N2O. The van der Waals surface area contributed by atoms with Gasteiger partial charge in [-0.1, -0.05) is 20.8 Å². The third kappa shape index (κ3) is 4.98. The molecule has 2 aromatic heterocycles. The second-order valence-electron chi connectivity index (χ2n) is 6.65. The predicted octanol–water partition coefficient (Wildman–Crippen LogP) is 5.45. The molecule has 0 bridgehead atoms. The van der Waals surface area contributed by atoms with Crippen molar-refractivity contribution in [2.75, 3.05) is 6.61 Å². The highest BCUT2D eigenvalue weighted by Crippen LogP contribution is 2.32. The van der Waals surface area contributed by atoms with Crippen LogP contribution >= 0.6 is 0 Å². The third-order valence-corrected chi connectivity index (χ3v) is 3.72. The van der Waals surface area contributed by atoms with Crippen molar-refractivity contribution in [2.24, 2.45) is 11.8 Å². The maximum Gasteiger partial charge on any atom is 0.269 e. The van der Waals surface area contributed by atoms with Crippen molar-refractivity contribution in [3.05, 3.63) is 41.9 Å². The van der Waals surface area contributed by atoms with E-state index < -0.39 is 6.43 Å². The predicted molar refractivity (Wildman–Crippen MR) is 91.3 cm³/mol. The van der Waals surface area contributed by atoms with E-state index in [1.165, 1.54) is 6.07 Å². The van der Waals surface area contributed by atoms with Crippen LogP contribution in [0, 0.1) is 18.8 Å². The van der Waals surface area contributed by atoms with Crippen molar-refractivity contribution in [3.8, 4) is 17.0 Å². The van der Waals surface area contributed by atoms with Crippen LogP contribution in [0.1, 0.15) is 44.9 Å². The highest BCUT2D eigenvalue weighted by molar-refractivity contribution is 5.64. The molecule has 0 N–H and O–H groups in total. The molecule has 0 aromatic carbocycles. The first-order chi connectivity index (χ1) is 11.4. The van der Waals surface area contributed by atoms with Crippen molar-refractivity contribution >= 4 is 0 Å². The second-order valence-corrected chi connectivity index (χ2v) is 6.65. The van der Waals surface area contributed by atoms with Crippen molar-refractivity contribution < 1.29 is 13.5 Å². The van der Waals surface area contributed by atoms with E-state index >= 15 is 0 Å². The van der Waals surface area contributed by atoms with E-state index in [4.69, 9.17) is 4.74 Å². The van der Waals surface area contributed by atoms with Gasteiger partial charge in [0.2, 0.25) is 5.88 Å². The Morgan fingerprint density at radius 1 is 1.08 bits per heavy atom. The number of hydrogen-bond acceptors (Lipinski definition) is 3. The van der Waals surface area contributed by atoms with Crippen LogP contribution in [-0.4, -0.2) is 16.6 Å². The van der Waals surface area contributed by atoms with E-state index in [1.807, 2.05) is 13.0 Å². The summed E-state index contributed by atoms with van der Waals surface area (Å²) >= 11 is 0. The van der Waals surface area contributed by atoms with E-state index in [0.717, 1.165) is 17.7 Å². The van der Waals surface area contributed by atoms with Crippen molar-refractivity contribution in [1.29, 1.82) is 0 Å². The van der Waals surface area contributed by atoms with E-state index in [9.17, 15) is 8.78 Å². The lowest BCUT2D eigenvalue weighted by atomic mass is 10.00. The number of pyridine rings is 2. The fourth-order valence-corrected chi connectivity index (χ4v) is 2.72. The number of nitrogens with zero attached hydrogens (tertiary/aromatic N) is 2. The lowest BCUT2D eigenvalue weighted by Gasteiger charge is -2.16. The van der Waals surface area contributed by atoms with Crippen molar-refractivity contribution in [1.82, 2.24) is 9.97 Å². The largest absolute Gasteiger partial charge is 0.477 e. The van der Waals surface area contributed by atoms with Gasteiger partial charge in [0.05, 0.1) is 12.2 Å². The van der Waals surface area contributed by atoms with Gasteiger partial charge in [-0.15, -0.1) is 0 Å². The molecule has 0 spiro atoms. The Balaban J connectivity index is 2.21. The van der Waals surface area contributed by atoms with Gasteiger partial charge in [-0.3, -0.25) is 4.98 Å². The van der Waals surface area contributed by atoms with Crippen LogP contribution in [0.5, 0.6) is 5.88 Å². The summed E-state index contributed by atoms with van der Waals surface area (Å²) in [7, 11) is 0. The normalized spacial score (nSPS) is 12.7. The number of aromatic nitrogens is 2. The van der Waals surface area contributed by atoms with Crippen LogP contribution in [0.25, 0.3) is 11.1 Å². The van der Waals surface area contributed by atoms with Gasteiger partial charge in [0.25, 0.3) is 6.43 Å². The summed E-state index contributed by atoms with van der Waals surface area (Å²) in [6, 6.07) is 5.08. The van der Waals surface area contributed by atoms with Crippen LogP contribution in [0.2, 0.25) is 0 Å². The minimum atomic E-state index is -2.63. The second kappa shape index (κ2) is 8.18. The summed E-state index contributed by atoms with van der Waals surface area (Å²) in [5.74, 6) is 0.860. The molecule has 1 atom stereocenters. The van der Waals surface area contributed by atoms with Gasteiger partial charge < -0.3 is 4.74 Å². The average Bonchev–Trinajstić information content (AvgIpc) is 2.52. The minimum Gasteiger partial charge on any atom is -0.477 e. The van der Waals surface area contributed by atoms with E-state index in [2.05, 4.69) is 30.7 Å². The molecule has 0 amide bonds. The Labute approximate surface area is 142 Å². The Bertz CT molecular complexity index is 674. The van der Waals surface area contributed by atoms with Gasteiger partial charge in [-0.05, 0) is 48.9 Å². The molecule has 5 heteroatoms. The molecule has 24 heavy (non-hydrogen) atoms. The lowest BCUT2D eigenvalue weighted by Crippen LogP contribution is -2.12. The summed E-state index contributed by atoms with van der Waals surface area (Å²) in [5.41, 5.74) is 2.11. The zero-order valence-electron chi connectivity index (χ0n) is 14.6. The van der Waals surface area contributed by atoms with Crippen LogP contribution < -0.4 is 4.74 Å². The number of alkyl halides is 2. The minimum absolute atomic E-state index is 0.0233. The molecule has 130 valence electrons. The number of rotatable bonds is 7. The standard InChI is InChI=1S/C19H24F2N2O/c1-12(2)7-13(3)11-24-19-17(18(20)21)9-16(10-23-19)15-5-6-22-14(4)8-15/h5-6,8-10,12-13,18H,7,11H2,1-4H3/t13-/m0/s1. The van der Waals surface area contributed by atoms with Gasteiger partial charge in [-0.2, -0.15) is 0 Å². The highest BCUT2D eigenvalue weighted by Gasteiger charge is 2.18. The first-order valence-corrected chi connectivity index (χ1v) is 8.20. The van der Waals surface area contributed by atoms with E-state index in [-0.39, 0.29) is 11.4 Å². The molecule has 0 saturated carbocycles. The maximum absolute atomic E-state index is 13.4. The molecule has 3 nitrogen and oxygen atoms in total. The Hall–Kier alpha value is -2.04. The quantitative estimate of drug-likeness (QED) is 0.675. The first-order valence-electron chi connectivity index (χ1n) is 8.20.